The van der Waals surface area contributed by atoms with Crippen LogP contribution in [0.2, 0.25) is 0 Å². The van der Waals surface area contributed by atoms with E-state index in [1.807, 2.05) is 33.8 Å². The van der Waals surface area contributed by atoms with E-state index in [9.17, 15) is 4.79 Å². The van der Waals surface area contributed by atoms with E-state index in [1.165, 1.54) is 12.8 Å². The van der Waals surface area contributed by atoms with Crippen LogP contribution in [-0.4, -0.2) is 31.7 Å². The zero-order valence-corrected chi connectivity index (χ0v) is 18.9. The van der Waals surface area contributed by atoms with E-state index in [1.54, 1.807) is 4.68 Å². The molecule has 2 heterocycles. The van der Waals surface area contributed by atoms with Gasteiger partial charge in [0.25, 0.3) is 5.95 Å². The Kier molecular flexibility index (Phi) is 6.39. The van der Waals surface area contributed by atoms with Gasteiger partial charge < -0.3 is 5.32 Å². The van der Waals surface area contributed by atoms with E-state index in [0.717, 1.165) is 34.8 Å². The van der Waals surface area contributed by atoms with Crippen molar-refractivity contribution in [2.24, 2.45) is 17.8 Å². The maximum atomic E-state index is 12.9. The fourth-order valence-corrected chi connectivity index (χ4v) is 4.71. The lowest BCUT2D eigenvalue weighted by Crippen LogP contribution is -2.46. The van der Waals surface area contributed by atoms with Crippen LogP contribution in [0.5, 0.6) is 0 Å². The van der Waals surface area contributed by atoms with Crippen molar-refractivity contribution < 1.29 is 4.79 Å². The molecule has 6 heteroatoms. The average Bonchev–Trinajstić information content (AvgIpc) is 2.89. The third-order valence-electron chi connectivity index (χ3n) is 6.31. The molecule has 0 unspecified atom stereocenters. The van der Waals surface area contributed by atoms with Gasteiger partial charge in [-0.25, -0.2) is 14.6 Å². The lowest BCUT2D eigenvalue weighted by molar-refractivity contribution is -0.122. The Hall–Kier alpha value is -2.24. The number of rotatable bonds is 5. The maximum Gasteiger partial charge on any atom is 0.251 e. The Labute approximate surface area is 174 Å². The van der Waals surface area contributed by atoms with Crippen molar-refractivity contribution >= 4 is 5.91 Å². The summed E-state index contributed by atoms with van der Waals surface area (Å²) in [5.41, 5.74) is 4.57. The van der Waals surface area contributed by atoms with Gasteiger partial charge in [-0.15, -0.1) is 0 Å². The summed E-state index contributed by atoms with van der Waals surface area (Å²) in [6.07, 6.45) is 3.88. The van der Waals surface area contributed by atoms with E-state index in [0.29, 0.717) is 30.1 Å². The molecule has 1 saturated carbocycles. The second-order valence-corrected chi connectivity index (χ2v) is 9.19. The van der Waals surface area contributed by atoms with Crippen molar-refractivity contribution in [2.75, 3.05) is 0 Å². The number of amides is 1. The highest BCUT2D eigenvalue weighted by atomic mass is 16.1. The molecule has 2 aromatic heterocycles. The first-order valence-electron chi connectivity index (χ1n) is 10.8. The molecule has 1 amide bonds. The Bertz CT molecular complexity index is 865. The van der Waals surface area contributed by atoms with Gasteiger partial charge in [0, 0.05) is 28.7 Å². The number of carbonyl (C=O) groups is 1. The van der Waals surface area contributed by atoms with Crippen LogP contribution in [-0.2, 0) is 11.2 Å². The summed E-state index contributed by atoms with van der Waals surface area (Å²) in [5, 5.41) is 7.97. The second kappa shape index (κ2) is 8.64. The van der Waals surface area contributed by atoms with Crippen molar-refractivity contribution in [2.45, 2.75) is 80.2 Å². The van der Waals surface area contributed by atoms with Crippen molar-refractivity contribution in [3.05, 3.63) is 34.4 Å². The fraction of sp³-hybridized carbons (Fsp3) is 0.652. The van der Waals surface area contributed by atoms with Gasteiger partial charge in [-0.05, 0) is 64.4 Å². The third-order valence-corrected chi connectivity index (χ3v) is 6.31. The Morgan fingerprint density at radius 1 is 1.17 bits per heavy atom. The van der Waals surface area contributed by atoms with Gasteiger partial charge in [0.15, 0.2) is 0 Å². The topological polar surface area (TPSA) is 72.7 Å². The van der Waals surface area contributed by atoms with Gasteiger partial charge in [-0.1, -0.05) is 27.2 Å². The molecular formula is C23H35N5O. The maximum absolute atomic E-state index is 12.9. The number of aryl methyl sites for hydroxylation is 3. The molecule has 0 saturated heterocycles. The molecule has 1 N–H and O–H groups in total. The SMILES string of the molecule is Cc1cc(C)nc(-n2nc(C)c(CC(=O)N[C@@H]3C[C@@H](C)CC[C@@H]3C(C)C)c2C)n1. The molecule has 0 radical (unpaired) electrons. The van der Waals surface area contributed by atoms with Gasteiger partial charge in [0.2, 0.25) is 5.91 Å². The van der Waals surface area contributed by atoms with Crippen LogP contribution >= 0.6 is 0 Å². The lowest BCUT2D eigenvalue weighted by atomic mass is 9.74. The minimum absolute atomic E-state index is 0.0850. The number of hydrogen-bond acceptors (Lipinski definition) is 4. The van der Waals surface area contributed by atoms with Crippen LogP contribution in [0.1, 0.15) is 68.4 Å². The Morgan fingerprint density at radius 3 is 2.45 bits per heavy atom. The van der Waals surface area contributed by atoms with E-state index in [-0.39, 0.29) is 11.9 Å². The molecule has 0 aliphatic heterocycles. The molecule has 2 aromatic rings. The summed E-state index contributed by atoms with van der Waals surface area (Å²) in [4.78, 5) is 22.0. The quantitative estimate of drug-likeness (QED) is 0.827. The van der Waals surface area contributed by atoms with Gasteiger partial charge in [-0.2, -0.15) is 5.10 Å². The third kappa shape index (κ3) is 4.85. The zero-order valence-electron chi connectivity index (χ0n) is 18.9. The van der Waals surface area contributed by atoms with Crippen molar-refractivity contribution in [1.29, 1.82) is 0 Å². The van der Waals surface area contributed by atoms with Gasteiger partial charge in [0.05, 0.1) is 12.1 Å². The normalized spacial score (nSPS) is 22.1. The van der Waals surface area contributed by atoms with Crippen LogP contribution in [0, 0.1) is 45.4 Å². The van der Waals surface area contributed by atoms with E-state index < -0.39 is 0 Å². The molecule has 3 atom stereocenters. The average molecular weight is 398 g/mol. The fourth-order valence-electron chi connectivity index (χ4n) is 4.71. The molecular weight excluding hydrogens is 362 g/mol. The van der Waals surface area contributed by atoms with E-state index in [4.69, 9.17) is 0 Å². The van der Waals surface area contributed by atoms with E-state index in [2.05, 4.69) is 41.2 Å². The molecule has 1 aliphatic rings. The molecule has 0 bridgehead atoms. The molecule has 0 spiro atoms. The first-order chi connectivity index (χ1) is 13.7. The minimum atomic E-state index is 0.0850. The molecule has 158 valence electrons. The predicted molar refractivity (Wildman–Crippen MR) is 115 cm³/mol. The molecule has 3 rings (SSSR count). The number of hydrogen-bond donors (Lipinski definition) is 1. The smallest absolute Gasteiger partial charge is 0.251 e. The van der Waals surface area contributed by atoms with Gasteiger partial charge in [-0.3, -0.25) is 4.79 Å². The molecule has 29 heavy (non-hydrogen) atoms. The van der Waals surface area contributed by atoms with Gasteiger partial charge >= 0.3 is 0 Å². The Balaban J connectivity index is 1.78. The summed E-state index contributed by atoms with van der Waals surface area (Å²) in [6.45, 7) is 14.7. The number of carbonyl (C=O) groups excluding carboxylic acids is 1. The highest BCUT2D eigenvalue weighted by Gasteiger charge is 2.32. The van der Waals surface area contributed by atoms with Crippen LogP contribution in [0.15, 0.2) is 6.07 Å². The van der Waals surface area contributed by atoms with Crippen molar-refractivity contribution in [1.82, 2.24) is 25.1 Å². The number of nitrogens with zero attached hydrogens (tertiary/aromatic N) is 4. The monoisotopic (exact) mass is 397 g/mol. The van der Waals surface area contributed by atoms with Crippen LogP contribution in [0.25, 0.3) is 5.95 Å². The van der Waals surface area contributed by atoms with E-state index >= 15 is 0 Å². The standard InChI is InChI=1S/C23H35N5O/c1-13(2)19-9-8-14(3)10-21(19)26-22(29)12-20-17(6)27-28(18(20)7)23-24-15(4)11-16(5)25-23/h11,13-14,19,21H,8-10,12H2,1-7H3,(H,26,29)/t14-,19+,21+/m0/s1. The zero-order chi connectivity index (χ0) is 21.3. The molecule has 0 aromatic carbocycles. The second-order valence-electron chi connectivity index (χ2n) is 9.19. The van der Waals surface area contributed by atoms with Gasteiger partial charge in [0.1, 0.15) is 0 Å². The first kappa shape index (κ1) is 21.5. The lowest BCUT2D eigenvalue weighted by Gasteiger charge is -2.37. The predicted octanol–water partition coefficient (Wildman–Crippen LogP) is 4.02. The summed E-state index contributed by atoms with van der Waals surface area (Å²) in [7, 11) is 0. The van der Waals surface area contributed by atoms with Crippen LogP contribution in [0.4, 0.5) is 0 Å². The Morgan fingerprint density at radius 2 is 1.83 bits per heavy atom. The number of nitrogens with one attached hydrogen (secondary N) is 1. The van der Waals surface area contributed by atoms with Crippen LogP contribution < -0.4 is 5.32 Å². The largest absolute Gasteiger partial charge is 0.353 e. The molecule has 1 aliphatic carbocycles. The highest BCUT2D eigenvalue weighted by molar-refractivity contribution is 5.79. The molecule has 6 nitrogen and oxygen atoms in total. The van der Waals surface area contributed by atoms with Crippen molar-refractivity contribution in [3.8, 4) is 5.95 Å². The summed E-state index contributed by atoms with van der Waals surface area (Å²) >= 11 is 0. The summed E-state index contributed by atoms with van der Waals surface area (Å²) in [5.74, 6) is 2.46. The van der Waals surface area contributed by atoms with Crippen molar-refractivity contribution in [3.63, 3.8) is 0 Å². The first-order valence-corrected chi connectivity index (χ1v) is 10.8. The van der Waals surface area contributed by atoms with Crippen LogP contribution in [0.3, 0.4) is 0 Å². The highest BCUT2D eigenvalue weighted by Crippen LogP contribution is 2.33. The summed E-state index contributed by atoms with van der Waals surface area (Å²) in [6, 6.07) is 2.21. The minimum Gasteiger partial charge on any atom is -0.353 e. The summed E-state index contributed by atoms with van der Waals surface area (Å²) < 4.78 is 1.76. The number of aromatic nitrogens is 4. The molecule has 1 fully saturated rings.